The molecule has 4 heterocycles. The predicted octanol–water partition coefficient (Wildman–Crippen LogP) is 4.37. The second-order valence-electron chi connectivity index (χ2n) is 6.56. The summed E-state index contributed by atoms with van der Waals surface area (Å²) >= 11 is 0. The summed E-state index contributed by atoms with van der Waals surface area (Å²) < 4.78 is 2.07. The van der Waals surface area contributed by atoms with Crippen molar-refractivity contribution in [3.8, 4) is 11.3 Å². The molecule has 0 radical (unpaired) electrons. The maximum absolute atomic E-state index is 4.53. The van der Waals surface area contributed by atoms with Crippen molar-refractivity contribution in [3.63, 3.8) is 0 Å². The van der Waals surface area contributed by atoms with E-state index in [1.54, 1.807) is 0 Å². The Morgan fingerprint density at radius 1 is 1.12 bits per heavy atom. The maximum Gasteiger partial charge on any atom is 0.151 e. The Bertz CT molecular complexity index is 946. The monoisotopic (exact) mass is 345 g/mol. The second-order valence-corrected chi connectivity index (χ2v) is 6.56. The zero-order valence-corrected chi connectivity index (χ0v) is 15.1. The minimum absolute atomic E-state index is 0.868. The summed E-state index contributed by atoms with van der Waals surface area (Å²) in [6.07, 6.45) is 11.6. The van der Waals surface area contributed by atoms with E-state index in [-0.39, 0.29) is 0 Å². The van der Waals surface area contributed by atoms with Crippen LogP contribution in [0.1, 0.15) is 31.9 Å². The van der Waals surface area contributed by atoms with Crippen LogP contribution < -0.4 is 4.90 Å². The molecule has 0 bridgehead atoms. The van der Waals surface area contributed by atoms with Crippen LogP contribution in [-0.4, -0.2) is 32.7 Å². The molecule has 0 unspecified atom stereocenters. The molecule has 5 heteroatoms. The van der Waals surface area contributed by atoms with Crippen LogP contribution in [0.3, 0.4) is 0 Å². The first-order chi connectivity index (χ1) is 12.8. The number of nitrogens with zero attached hydrogens (tertiary/aromatic N) is 5. The number of hydrogen-bond donors (Lipinski definition) is 0. The van der Waals surface area contributed by atoms with E-state index in [9.17, 15) is 0 Å². The number of piperidine rings is 1. The first kappa shape index (κ1) is 16.5. The molecule has 132 valence electrons. The first-order valence-electron chi connectivity index (χ1n) is 9.15. The standard InChI is InChI=1S/C21H23N5/c1-3-16(4-2)19-15-22-21-14-17(10-13-26(19)21)18-8-9-20(24-23-18)25-11-6-5-7-12-25/h3-4,8-10,13-15H,1,5-7,11-12H2,2H3/b16-4+. The third-order valence-electron chi connectivity index (χ3n) is 4.97. The average Bonchev–Trinajstić information content (AvgIpc) is 3.13. The van der Waals surface area contributed by atoms with Crippen LogP contribution in [0, 0.1) is 0 Å². The van der Waals surface area contributed by atoms with E-state index in [1.807, 2.05) is 43.6 Å². The molecule has 0 N–H and O–H groups in total. The van der Waals surface area contributed by atoms with Gasteiger partial charge >= 0.3 is 0 Å². The summed E-state index contributed by atoms with van der Waals surface area (Å²) in [6.45, 7) is 8.03. The summed E-state index contributed by atoms with van der Waals surface area (Å²) in [4.78, 5) is 6.85. The second kappa shape index (κ2) is 7.12. The Labute approximate surface area is 153 Å². The highest BCUT2D eigenvalue weighted by Gasteiger charge is 2.13. The fourth-order valence-electron chi connectivity index (χ4n) is 3.49. The molecular weight excluding hydrogens is 322 g/mol. The Balaban J connectivity index is 1.63. The van der Waals surface area contributed by atoms with Crippen LogP contribution in [0.4, 0.5) is 5.82 Å². The fraction of sp³-hybridized carbons (Fsp3) is 0.286. The van der Waals surface area contributed by atoms with E-state index in [1.165, 1.54) is 19.3 Å². The number of hydrogen-bond acceptors (Lipinski definition) is 4. The Hall–Kier alpha value is -2.95. The fourth-order valence-corrected chi connectivity index (χ4v) is 3.49. The molecule has 0 aromatic carbocycles. The lowest BCUT2D eigenvalue weighted by molar-refractivity contribution is 0.571. The summed E-state index contributed by atoms with van der Waals surface area (Å²) in [7, 11) is 0. The van der Waals surface area contributed by atoms with Crippen LogP contribution in [0.25, 0.3) is 22.5 Å². The van der Waals surface area contributed by atoms with Crippen LogP contribution in [-0.2, 0) is 0 Å². The van der Waals surface area contributed by atoms with Gasteiger partial charge in [0.25, 0.3) is 0 Å². The number of allylic oxidation sites excluding steroid dienone is 3. The lowest BCUT2D eigenvalue weighted by Gasteiger charge is -2.27. The maximum atomic E-state index is 4.53. The van der Waals surface area contributed by atoms with Crippen molar-refractivity contribution in [2.75, 3.05) is 18.0 Å². The van der Waals surface area contributed by atoms with Crippen molar-refractivity contribution in [1.82, 2.24) is 19.6 Å². The summed E-state index contributed by atoms with van der Waals surface area (Å²) in [5, 5.41) is 8.89. The highest BCUT2D eigenvalue weighted by molar-refractivity contribution is 5.74. The smallest absolute Gasteiger partial charge is 0.151 e. The van der Waals surface area contributed by atoms with Crippen LogP contribution in [0.5, 0.6) is 0 Å². The van der Waals surface area contributed by atoms with E-state index in [0.717, 1.165) is 47.1 Å². The number of anilines is 1. The molecule has 0 saturated carbocycles. The van der Waals surface area contributed by atoms with Crippen molar-refractivity contribution in [2.45, 2.75) is 26.2 Å². The van der Waals surface area contributed by atoms with Gasteiger partial charge in [-0.2, -0.15) is 0 Å². The third-order valence-corrected chi connectivity index (χ3v) is 4.97. The Kier molecular flexibility index (Phi) is 4.52. The molecule has 4 rings (SSSR count). The summed E-state index contributed by atoms with van der Waals surface area (Å²) in [5.74, 6) is 0.973. The van der Waals surface area contributed by atoms with Gasteiger partial charge < -0.3 is 4.90 Å². The number of imidazole rings is 1. The van der Waals surface area contributed by atoms with Gasteiger partial charge in [0.15, 0.2) is 5.82 Å². The highest BCUT2D eigenvalue weighted by Crippen LogP contribution is 2.24. The molecule has 3 aromatic heterocycles. The summed E-state index contributed by atoms with van der Waals surface area (Å²) in [5.41, 5.74) is 4.88. The largest absolute Gasteiger partial charge is 0.355 e. The van der Waals surface area contributed by atoms with Crippen molar-refractivity contribution in [3.05, 3.63) is 61.1 Å². The number of rotatable bonds is 4. The van der Waals surface area contributed by atoms with E-state index >= 15 is 0 Å². The number of aromatic nitrogens is 4. The average molecular weight is 345 g/mol. The zero-order valence-electron chi connectivity index (χ0n) is 15.1. The van der Waals surface area contributed by atoms with Gasteiger partial charge in [-0.1, -0.05) is 18.7 Å². The minimum Gasteiger partial charge on any atom is -0.355 e. The minimum atomic E-state index is 0.868. The quantitative estimate of drug-likeness (QED) is 0.659. The van der Waals surface area contributed by atoms with Crippen LogP contribution in [0.15, 0.2) is 55.4 Å². The Morgan fingerprint density at radius 3 is 2.65 bits per heavy atom. The molecule has 3 aromatic rings. The molecule has 26 heavy (non-hydrogen) atoms. The van der Waals surface area contributed by atoms with E-state index < -0.39 is 0 Å². The van der Waals surface area contributed by atoms with Gasteiger partial charge in [-0.25, -0.2) is 4.98 Å². The Morgan fingerprint density at radius 2 is 1.96 bits per heavy atom. The van der Waals surface area contributed by atoms with Gasteiger partial charge in [-0.05, 0) is 56.0 Å². The molecule has 0 spiro atoms. The van der Waals surface area contributed by atoms with Gasteiger partial charge in [0, 0.05) is 24.8 Å². The molecule has 0 atom stereocenters. The summed E-state index contributed by atoms with van der Waals surface area (Å²) in [6, 6.07) is 8.22. The lowest BCUT2D eigenvalue weighted by Crippen LogP contribution is -2.30. The van der Waals surface area contributed by atoms with Crippen molar-refractivity contribution < 1.29 is 0 Å². The first-order valence-corrected chi connectivity index (χ1v) is 9.15. The predicted molar refractivity (Wildman–Crippen MR) is 106 cm³/mol. The van der Waals surface area contributed by atoms with Gasteiger partial charge in [0.2, 0.25) is 0 Å². The van der Waals surface area contributed by atoms with E-state index in [2.05, 4.69) is 43.2 Å². The van der Waals surface area contributed by atoms with Crippen molar-refractivity contribution >= 4 is 17.0 Å². The van der Waals surface area contributed by atoms with E-state index in [4.69, 9.17) is 0 Å². The van der Waals surface area contributed by atoms with Crippen LogP contribution in [0.2, 0.25) is 0 Å². The van der Waals surface area contributed by atoms with Gasteiger partial charge in [0.1, 0.15) is 5.65 Å². The van der Waals surface area contributed by atoms with Crippen molar-refractivity contribution in [2.24, 2.45) is 0 Å². The molecule has 0 aliphatic carbocycles. The van der Waals surface area contributed by atoms with Gasteiger partial charge in [-0.3, -0.25) is 4.40 Å². The zero-order chi connectivity index (χ0) is 17.9. The molecule has 1 aliphatic heterocycles. The third kappa shape index (κ3) is 3.01. The highest BCUT2D eigenvalue weighted by atomic mass is 15.3. The van der Waals surface area contributed by atoms with E-state index in [0.29, 0.717) is 0 Å². The molecule has 5 nitrogen and oxygen atoms in total. The molecule has 1 saturated heterocycles. The van der Waals surface area contributed by atoms with Gasteiger partial charge in [0.05, 0.1) is 17.6 Å². The number of fused-ring (bicyclic) bond motifs is 1. The van der Waals surface area contributed by atoms with Crippen molar-refractivity contribution in [1.29, 1.82) is 0 Å². The molecule has 1 fully saturated rings. The SMILES string of the molecule is C=C/C(=C\C)c1cnc2cc(-c3ccc(N4CCCCC4)nn3)ccn12. The number of pyridine rings is 1. The van der Waals surface area contributed by atoms with Gasteiger partial charge in [-0.15, -0.1) is 10.2 Å². The topological polar surface area (TPSA) is 46.3 Å². The normalized spacial score (nSPS) is 15.4. The van der Waals surface area contributed by atoms with Crippen LogP contribution >= 0.6 is 0 Å². The molecular formula is C21H23N5. The molecule has 1 aliphatic rings. The lowest BCUT2D eigenvalue weighted by atomic mass is 10.1. The molecule has 0 amide bonds.